The minimum Gasteiger partial charge on any atom is -0.390 e. The van der Waals surface area contributed by atoms with Gasteiger partial charge in [-0.25, -0.2) is 4.57 Å². The third-order valence-electron chi connectivity index (χ3n) is 3.23. The van der Waals surface area contributed by atoms with Crippen molar-refractivity contribution in [2.75, 3.05) is 25.6 Å². The molecule has 120 valence electrons. The molecule has 3 heterocycles. The molecule has 3 aromatic heterocycles. The Bertz CT molecular complexity index is 855. The van der Waals surface area contributed by atoms with Gasteiger partial charge >= 0.3 is 5.95 Å². The van der Waals surface area contributed by atoms with Crippen LogP contribution >= 0.6 is 0 Å². The average molecular weight is 318 g/mol. The second kappa shape index (κ2) is 5.96. The fraction of sp³-hybridized carbons (Fsp3) is 0.333. The Morgan fingerprint density at radius 1 is 1.39 bits per heavy atom. The minimum atomic E-state index is -0.558. The topological polar surface area (TPSA) is 125 Å². The molecule has 0 fully saturated rings. The molecule has 0 aliphatic rings. The second-order valence-electron chi connectivity index (χ2n) is 4.69. The van der Waals surface area contributed by atoms with Gasteiger partial charge in [-0.05, 0) is 17.1 Å². The molecule has 0 amide bonds. The number of rotatable bonds is 6. The summed E-state index contributed by atoms with van der Waals surface area (Å²) in [4.78, 5) is 14.1. The van der Waals surface area contributed by atoms with E-state index in [4.69, 9.17) is 4.74 Å². The number of imidazole rings is 1. The standard InChI is InChI=1S/C12H14N8O3/c1-18-8(7-14-12(18)20(21)22)11-16-15-10-4-3-9(17-19(10)11)13-5-6-23-2/h3-4,7H,5-6H2,1-2H3,(H,13,17). The molecule has 3 rings (SSSR count). The highest BCUT2D eigenvalue weighted by molar-refractivity contribution is 5.57. The molecule has 0 saturated carbocycles. The Morgan fingerprint density at radius 3 is 2.91 bits per heavy atom. The van der Waals surface area contributed by atoms with Gasteiger partial charge in [0.25, 0.3) is 0 Å². The first-order valence-electron chi connectivity index (χ1n) is 6.73. The fourth-order valence-electron chi connectivity index (χ4n) is 2.10. The lowest BCUT2D eigenvalue weighted by molar-refractivity contribution is -0.396. The van der Waals surface area contributed by atoms with Gasteiger partial charge in [0, 0.05) is 13.7 Å². The zero-order valence-corrected chi connectivity index (χ0v) is 12.5. The van der Waals surface area contributed by atoms with E-state index in [0.29, 0.717) is 36.1 Å². The van der Waals surface area contributed by atoms with E-state index in [1.54, 1.807) is 26.3 Å². The summed E-state index contributed by atoms with van der Waals surface area (Å²) in [6, 6.07) is 3.53. The lowest BCUT2D eigenvalue weighted by Gasteiger charge is -2.05. The van der Waals surface area contributed by atoms with Gasteiger partial charge in [0.1, 0.15) is 12.0 Å². The van der Waals surface area contributed by atoms with Crippen molar-refractivity contribution in [2.45, 2.75) is 0 Å². The Balaban J connectivity index is 2.01. The smallest absolute Gasteiger partial charge is 0.390 e. The molecule has 0 radical (unpaired) electrons. The monoisotopic (exact) mass is 318 g/mol. The molecule has 3 aromatic rings. The number of hydrogen-bond acceptors (Lipinski definition) is 8. The largest absolute Gasteiger partial charge is 0.434 e. The van der Waals surface area contributed by atoms with Gasteiger partial charge in [0.15, 0.2) is 11.3 Å². The third kappa shape index (κ3) is 2.68. The molecule has 0 aliphatic heterocycles. The molecular weight excluding hydrogens is 304 g/mol. The quantitative estimate of drug-likeness (QED) is 0.395. The minimum absolute atomic E-state index is 0.272. The molecule has 0 aliphatic carbocycles. The Hall–Kier alpha value is -3.08. The lowest BCUT2D eigenvalue weighted by atomic mass is 10.4. The van der Waals surface area contributed by atoms with Crippen LogP contribution in [0.25, 0.3) is 17.2 Å². The molecule has 1 N–H and O–H groups in total. The van der Waals surface area contributed by atoms with Crippen LogP contribution in [0.2, 0.25) is 0 Å². The lowest BCUT2D eigenvalue weighted by Crippen LogP contribution is -2.10. The van der Waals surface area contributed by atoms with E-state index in [9.17, 15) is 10.1 Å². The van der Waals surface area contributed by atoms with Crippen LogP contribution in [0.15, 0.2) is 18.3 Å². The maximum absolute atomic E-state index is 10.9. The summed E-state index contributed by atoms with van der Waals surface area (Å²) in [5.74, 6) is 0.719. The Labute approximate surface area is 130 Å². The molecule has 11 heteroatoms. The Morgan fingerprint density at radius 2 is 2.22 bits per heavy atom. The van der Waals surface area contributed by atoms with E-state index in [-0.39, 0.29) is 5.95 Å². The van der Waals surface area contributed by atoms with Crippen LogP contribution in [-0.2, 0) is 11.8 Å². The van der Waals surface area contributed by atoms with Gasteiger partial charge in [-0.1, -0.05) is 4.98 Å². The normalized spacial score (nSPS) is 11.0. The SMILES string of the molecule is COCCNc1ccc2nnc(-c3cnc([N+](=O)[O-])n3C)n2n1. The summed E-state index contributed by atoms with van der Waals surface area (Å²) in [5, 5.41) is 26.5. The molecule has 23 heavy (non-hydrogen) atoms. The van der Waals surface area contributed by atoms with Crippen molar-refractivity contribution in [1.29, 1.82) is 0 Å². The van der Waals surface area contributed by atoms with E-state index in [0.717, 1.165) is 0 Å². The number of nitrogens with zero attached hydrogens (tertiary/aromatic N) is 7. The number of nitrogens with one attached hydrogen (secondary N) is 1. The number of ether oxygens (including phenoxy) is 1. The molecule has 0 unspecified atom stereocenters. The van der Waals surface area contributed by atoms with E-state index < -0.39 is 4.92 Å². The van der Waals surface area contributed by atoms with Crippen molar-refractivity contribution < 1.29 is 9.66 Å². The second-order valence-corrected chi connectivity index (χ2v) is 4.69. The first kappa shape index (κ1) is 14.8. The fourth-order valence-corrected chi connectivity index (χ4v) is 2.10. The van der Waals surface area contributed by atoms with Crippen LogP contribution in [0, 0.1) is 10.1 Å². The Kier molecular flexibility index (Phi) is 3.85. The van der Waals surface area contributed by atoms with Crippen molar-refractivity contribution in [3.63, 3.8) is 0 Å². The molecule has 0 aromatic carbocycles. The van der Waals surface area contributed by atoms with Crippen LogP contribution < -0.4 is 5.32 Å². The van der Waals surface area contributed by atoms with Gasteiger partial charge in [0.2, 0.25) is 5.82 Å². The first-order valence-corrected chi connectivity index (χ1v) is 6.73. The first-order chi connectivity index (χ1) is 11.1. The van der Waals surface area contributed by atoms with Crippen LogP contribution in [0.4, 0.5) is 11.8 Å². The van der Waals surface area contributed by atoms with Crippen molar-refractivity contribution in [1.82, 2.24) is 29.4 Å². The summed E-state index contributed by atoms with van der Waals surface area (Å²) < 4.78 is 7.82. The van der Waals surface area contributed by atoms with E-state index in [2.05, 4.69) is 25.6 Å². The van der Waals surface area contributed by atoms with Crippen LogP contribution in [-0.4, -0.2) is 54.5 Å². The van der Waals surface area contributed by atoms with Gasteiger partial charge in [-0.15, -0.1) is 15.3 Å². The predicted molar refractivity (Wildman–Crippen MR) is 80.0 cm³/mol. The highest BCUT2D eigenvalue weighted by Crippen LogP contribution is 2.21. The van der Waals surface area contributed by atoms with Crippen LogP contribution in [0.1, 0.15) is 0 Å². The van der Waals surface area contributed by atoms with E-state index in [1.807, 2.05) is 0 Å². The van der Waals surface area contributed by atoms with Crippen molar-refractivity contribution >= 4 is 17.4 Å². The number of aromatic nitrogens is 6. The van der Waals surface area contributed by atoms with Crippen molar-refractivity contribution in [3.05, 3.63) is 28.4 Å². The molecule has 0 saturated heterocycles. The molecule has 0 atom stereocenters. The molecule has 0 spiro atoms. The number of hydrogen-bond donors (Lipinski definition) is 1. The van der Waals surface area contributed by atoms with Gasteiger partial charge in [0.05, 0.1) is 13.7 Å². The molecule has 0 bridgehead atoms. The predicted octanol–water partition coefficient (Wildman–Crippen LogP) is 0.491. The molecule has 11 nitrogen and oxygen atoms in total. The number of fused-ring (bicyclic) bond motifs is 1. The average Bonchev–Trinajstić information content (AvgIpc) is 3.10. The zero-order valence-electron chi connectivity index (χ0n) is 12.5. The highest BCUT2D eigenvalue weighted by Gasteiger charge is 2.23. The maximum Gasteiger partial charge on any atom is 0.434 e. The summed E-state index contributed by atoms with van der Waals surface area (Å²) in [5.41, 5.74) is 0.979. The summed E-state index contributed by atoms with van der Waals surface area (Å²) >= 11 is 0. The van der Waals surface area contributed by atoms with Gasteiger partial charge in [-0.3, -0.25) is 0 Å². The van der Waals surface area contributed by atoms with Gasteiger partial charge < -0.3 is 20.2 Å². The number of nitro groups is 1. The summed E-state index contributed by atoms with van der Waals surface area (Å²) in [6.45, 7) is 1.15. The van der Waals surface area contributed by atoms with Crippen molar-refractivity contribution in [3.8, 4) is 11.5 Å². The van der Waals surface area contributed by atoms with Crippen LogP contribution in [0.5, 0.6) is 0 Å². The van der Waals surface area contributed by atoms with E-state index >= 15 is 0 Å². The van der Waals surface area contributed by atoms with E-state index in [1.165, 1.54) is 15.3 Å². The maximum atomic E-state index is 10.9. The zero-order chi connectivity index (χ0) is 16.4. The van der Waals surface area contributed by atoms with Crippen molar-refractivity contribution in [2.24, 2.45) is 7.05 Å². The van der Waals surface area contributed by atoms with Crippen LogP contribution in [0.3, 0.4) is 0 Å². The highest BCUT2D eigenvalue weighted by atomic mass is 16.6. The number of methoxy groups -OCH3 is 1. The third-order valence-corrected chi connectivity index (χ3v) is 3.23. The number of anilines is 1. The molecular formula is C12H14N8O3. The summed E-state index contributed by atoms with van der Waals surface area (Å²) in [7, 11) is 3.16. The van der Waals surface area contributed by atoms with Gasteiger partial charge in [-0.2, -0.15) is 4.52 Å². The summed E-state index contributed by atoms with van der Waals surface area (Å²) in [6.07, 6.45) is 1.38.